The number of nitrogens with zero attached hydrogens (tertiary/aromatic N) is 2. The minimum atomic E-state index is -1.19. The van der Waals surface area contributed by atoms with Crippen molar-refractivity contribution in [3.63, 3.8) is 0 Å². The summed E-state index contributed by atoms with van der Waals surface area (Å²) in [6.07, 6.45) is 1.53. The smallest absolute Gasteiger partial charge is 0.356 e. The van der Waals surface area contributed by atoms with Crippen LogP contribution in [0.15, 0.2) is 30.5 Å². The number of thiophene rings is 1. The van der Waals surface area contributed by atoms with E-state index < -0.39 is 11.9 Å². The van der Waals surface area contributed by atoms with Crippen LogP contribution in [0.2, 0.25) is 0 Å². The summed E-state index contributed by atoms with van der Waals surface area (Å²) in [4.78, 5) is 28.4. The van der Waals surface area contributed by atoms with E-state index in [0.29, 0.717) is 5.82 Å². The van der Waals surface area contributed by atoms with Gasteiger partial charge in [0.05, 0.1) is 16.0 Å². The van der Waals surface area contributed by atoms with Crippen molar-refractivity contribution in [2.24, 2.45) is 0 Å². The van der Waals surface area contributed by atoms with Gasteiger partial charge in [-0.2, -0.15) is 0 Å². The number of hydrogen-bond acceptors (Lipinski definition) is 4. The average Bonchev–Trinajstić information content (AvgIpc) is 3.01. The number of carboxylic acid groups (broad SMARTS) is 2. The number of aromatic nitrogens is 2. The van der Waals surface area contributed by atoms with Gasteiger partial charge in [-0.15, -0.1) is 11.3 Å². The first-order valence-corrected chi connectivity index (χ1v) is 6.84. The molecule has 0 unspecified atom stereocenters. The van der Waals surface area contributed by atoms with Crippen LogP contribution in [0.3, 0.4) is 0 Å². The highest BCUT2D eigenvalue weighted by Crippen LogP contribution is 2.29. The number of carboxylic acids is 2. The lowest BCUT2D eigenvalue weighted by molar-refractivity contribution is 0.0682. The largest absolute Gasteiger partial charge is 0.478 e. The Morgan fingerprint density at radius 2 is 1.95 bits per heavy atom. The zero-order chi connectivity index (χ0) is 15.1. The van der Waals surface area contributed by atoms with E-state index in [1.807, 2.05) is 19.1 Å². The highest BCUT2D eigenvalue weighted by Gasteiger charge is 2.19. The summed E-state index contributed by atoms with van der Waals surface area (Å²) in [5.74, 6) is -1.80. The van der Waals surface area contributed by atoms with E-state index in [4.69, 9.17) is 5.11 Å². The first kappa shape index (κ1) is 13.3. The second-order valence-corrected chi connectivity index (χ2v) is 5.76. The molecular formula is C14H10N2O4S. The Morgan fingerprint density at radius 3 is 2.52 bits per heavy atom. The molecule has 0 fully saturated rings. The summed E-state index contributed by atoms with van der Waals surface area (Å²) in [5.41, 5.74) is 0.140. The maximum absolute atomic E-state index is 11.3. The Labute approximate surface area is 122 Å². The van der Waals surface area contributed by atoms with Gasteiger partial charge in [-0.05, 0) is 31.2 Å². The molecule has 0 aliphatic heterocycles. The van der Waals surface area contributed by atoms with Gasteiger partial charge >= 0.3 is 11.9 Å². The third-order valence-electron chi connectivity index (χ3n) is 3.05. The lowest BCUT2D eigenvalue weighted by Crippen LogP contribution is -2.00. The molecule has 21 heavy (non-hydrogen) atoms. The predicted octanol–water partition coefficient (Wildman–Crippen LogP) is 2.77. The highest BCUT2D eigenvalue weighted by atomic mass is 32.1. The molecule has 3 heterocycles. The van der Waals surface area contributed by atoms with Crippen LogP contribution in [0.25, 0.3) is 16.2 Å². The molecule has 0 radical (unpaired) electrons. The van der Waals surface area contributed by atoms with Crippen LogP contribution in [-0.4, -0.2) is 31.5 Å². The topological polar surface area (TPSA) is 91.9 Å². The molecule has 0 aromatic carbocycles. The number of imidazole rings is 1. The van der Waals surface area contributed by atoms with Crippen molar-refractivity contribution in [1.82, 2.24) is 9.38 Å². The van der Waals surface area contributed by atoms with Crippen molar-refractivity contribution in [3.05, 3.63) is 46.6 Å². The summed E-state index contributed by atoms with van der Waals surface area (Å²) in [6, 6.07) is 6.54. The maximum atomic E-state index is 11.3. The zero-order valence-corrected chi connectivity index (χ0v) is 11.7. The van der Waals surface area contributed by atoms with Gasteiger partial charge in [0.25, 0.3) is 0 Å². The summed E-state index contributed by atoms with van der Waals surface area (Å²) in [7, 11) is 0. The number of pyridine rings is 1. The van der Waals surface area contributed by atoms with Crippen LogP contribution in [-0.2, 0) is 0 Å². The van der Waals surface area contributed by atoms with E-state index >= 15 is 0 Å². The quantitative estimate of drug-likeness (QED) is 0.776. The number of rotatable bonds is 3. The Morgan fingerprint density at radius 1 is 1.19 bits per heavy atom. The van der Waals surface area contributed by atoms with E-state index in [1.165, 1.54) is 29.7 Å². The molecule has 106 valence electrons. The normalized spacial score (nSPS) is 10.9. The molecule has 0 saturated heterocycles. The van der Waals surface area contributed by atoms with Crippen LogP contribution in [0, 0.1) is 6.92 Å². The van der Waals surface area contributed by atoms with Gasteiger partial charge in [0.15, 0.2) is 11.5 Å². The minimum absolute atomic E-state index is 0.0267. The van der Waals surface area contributed by atoms with Crippen molar-refractivity contribution in [1.29, 1.82) is 0 Å². The van der Waals surface area contributed by atoms with Crippen LogP contribution in [0.4, 0.5) is 0 Å². The molecule has 0 spiro atoms. The monoisotopic (exact) mass is 302 g/mol. The van der Waals surface area contributed by atoms with E-state index in [2.05, 4.69) is 4.98 Å². The molecule has 0 aliphatic carbocycles. The molecule has 0 aliphatic rings. The second-order valence-electron chi connectivity index (χ2n) is 4.48. The van der Waals surface area contributed by atoms with Gasteiger partial charge in [0.1, 0.15) is 0 Å². The van der Waals surface area contributed by atoms with Crippen LogP contribution in [0.1, 0.15) is 25.7 Å². The van der Waals surface area contributed by atoms with Gasteiger partial charge in [-0.1, -0.05) is 0 Å². The van der Waals surface area contributed by atoms with Crippen molar-refractivity contribution in [2.75, 3.05) is 0 Å². The number of hydrogen-bond donors (Lipinski definition) is 2. The van der Waals surface area contributed by atoms with E-state index in [9.17, 15) is 14.7 Å². The third kappa shape index (κ3) is 2.17. The molecule has 3 aromatic rings. The molecule has 3 rings (SSSR count). The van der Waals surface area contributed by atoms with Crippen molar-refractivity contribution in [2.45, 2.75) is 6.92 Å². The van der Waals surface area contributed by atoms with Gasteiger partial charge in [-0.3, -0.25) is 4.40 Å². The molecule has 0 amide bonds. The Balaban J connectivity index is 2.32. The minimum Gasteiger partial charge on any atom is -0.478 e. The number of aromatic carboxylic acids is 2. The molecule has 3 aromatic heterocycles. The maximum Gasteiger partial charge on any atom is 0.356 e. The SMILES string of the molecule is Cc1ccc(-c2nc(C(=O)O)c3cc(C(=O)O)ccn23)s1. The van der Waals surface area contributed by atoms with Crippen LogP contribution in [0.5, 0.6) is 0 Å². The number of fused-ring (bicyclic) bond motifs is 1. The van der Waals surface area contributed by atoms with E-state index in [1.54, 1.807) is 4.40 Å². The fourth-order valence-electron chi connectivity index (χ4n) is 2.10. The molecule has 0 atom stereocenters. The van der Waals surface area contributed by atoms with Crippen LogP contribution >= 0.6 is 11.3 Å². The molecule has 0 saturated carbocycles. The lowest BCUT2D eigenvalue weighted by Gasteiger charge is -2.00. The highest BCUT2D eigenvalue weighted by molar-refractivity contribution is 7.15. The predicted molar refractivity (Wildman–Crippen MR) is 77.2 cm³/mol. The summed E-state index contributed by atoms with van der Waals surface area (Å²) >= 11 is 1.50. The van der Waals surface area contributed by atoms with Gasteiger partial charge in [-0.25, -0.2) is 14.6 Å². The average molecular weight is 302 g/mol. The van der Waals surface area contributed by atoms with Crippen molar-refractivity contribution >= 4 is 28.8 Å². The lowest BCUT2D eigenvalue weighted by atomic mass is 10.2. The van der Waals surface area contributed by atoms with Crippen molar-refractivity contribution in [3.8, 4) is 10.7 Å². The van der Waals surface area contributed by atoms with Crippen molar-refractivity contribution < 1.29 is 19.8 Å². The van der Waals surface area contributed by atoms with Crippen LogP contribution < -0.4 is 0 Å². The summed E-state index contributed by atoms with van der Waals surface area (Å²) < 4.78 is 1.60. The number of aryl methyl sites for hydroxylation is 1. The third-order valence-corrected chi connectivity index (χ3v) is 4.05. The Hall–Kier alpha value is -2.67. The zero-order valence-electron chi connectivity index (χ0n) is 10.9. The fourth-order valence-corrected chi connectivity index (χ4v) is 2.96. The Bertz CT molecular complexity index is 878. The van der Waals surface area contributed by atoms with E-state index in [0.717, 1.165) is 9.75 Å². The molecular weight excluding hydrogens is 292 g/mol. The Kier molecular flexibility index (Phi) is 2.99. The standard InChI is InChI=1S/C14H10N2O4S/c1-7-2-3-10(21-7)12-15-11(14(19)20)9-6-8(13(17)18)4-5-16(9)12/h2-6H,1H3,(H,17,18)(H,19,20). The first-order valence-electron chi connectivity index (χ1n) is 6.03. The summed E-state index contributed by atoms with van der Waals surface area (Å²) in [5, 5.41) is 18.3. The van der Waals surface area contributed by atoms with E-state index in [-0.39, 0.29) is 16.8 Å². The molecule has 2 N–H and O–H groups in total. The molecule has 0 bridgehead atoms. The van der Waals surface area contributed by atoms with Gasteiger partial charge < -0.3 is 10.2 Å². The first-order chi connectivity index (χ1) is 9.97. The summed E-state index contributed by atoms with van der Waals surface area (Å²) in [6.45, 7) is 1.95. The second kappa shape index (κ2) is 4.71. The van der Waals surface area contributed by atoms with Gasteiger partial charge in [0.2, 0.25) is 0 Å². The molecule has 6 nitrogen and oxygen atoms in total. The number of carbonyl (C=O) groups is 2. The fraction of sp³-hybridized carbons (Fsp3) is 0.0714. The molecule has 7 heteroatoms. The van der Waals surface area contributed by atoms with Gasteiger partial charge in [0, 0.05) is 11.1 Å².